The summed E-state index contributed by atoms with van der Waals surface area (Å²) in [4.78, 5) is 23.6. The number of carbonyl (C=O) groups excluding carboxylic acids is 1. The van der Waals surface area contributed by atoms with Crippen LogP contribution in [-0.2, 0) is 0 Å². The third-order valence-corrected chi connectivity index (χ3v) is 5.32. The maximum Gasteiger partial charge on any atom is 0.293 e. The minimum absolute atomic E-state index is 0.114. The third-order valence-electron chi connectivity index (χ3n) is 5.32. The third kappa shape index (κ3) is 3.93. The Balaban J connectivity index is 1.50. The van der Waals surface area contributed by atoms with E-state index in [-0.39, 0.29) is 17.6 Å². The number of rotatable bonds is 5. The Labute approximate surface area is 157 Å². The molecule has 1 amide bonds. The van der Waals surface area contributed by atoms with Gasteiger partial charge in [-0.25, -0.2) is 0 Å². The molecule has 0 spiro atoms. The van der Waals surface area contributed by atoms with Crippen LogP contribution in [0.15, 0.2) is 48.5 Å². The molecule has 2 fully saturated rings. The summed E-state index contributed by atoms with van der Waals surface area (Å²) in [6, 6.07) is 14.9. The lowest BCUT2D eigenvalue weighted by molar-refractivity contribution is -0.383. The number of hydrogen-bond acceptors (Lipinski definition) is 5. The van der Waals surface area contributed by atoms with E-state index in [1.165, 1.54) is 6.07 Å². The van der Waals surface area contributed by atoms with Gasteiger partial charge in [0.25, 0.3) is 11.6 Å². The number of amides is 1. The zero-order chi connectivity index (χ0) is 18.8. The Morgan fingerprint density at radius 2 is 1.78 bits per heavy atom. The number of carbonyl (C=O) groups is 1. The van der Waals surface area contributed by atoms with Gasteiger partial charge in [0.2, 0.25) is 0 Å². The van der Waals surface area contributed by atoms with E-state index in [9.17, 15) is 14.9 Å². The van der Waals surface area contributed by atoms with E-state index in [0.717, 1.165) is 31.4 Å². The monoisotopic (exact) mass is 366 g/mol. The predicted octanol–water partition coefficient (Wildman–Crippen LogP) is 3.35. The maximum absolute atomic E-state index is 12.6. The fourth-order valence-corrected chi connectivity index (χ4v) is 4.05. The van der Waals surface area contributed by atoms with Gasteiger partial charge in [0.05, 0.1) is 4.92 Å². The van der Waals surface area contributed by atoms with Gasteiger partial charge in [0, 0.05) is 35.4 Å². The first-order valence-electron chi connectivity index (χ1n) is 9.26. The number of fused-ring (bicyclic) bond motifs is 2. The molecule has 2 heterocycles. The molecule has 2 unspecified atom stereocenters. The summed E-state index contributed by atoms with van der Waals surface area (Å²) < 4.78 is 0. The first-order chi connectivity index (χ1) is 13.1. The molecule has 2 aromatic carbocycles. The van der Waals surface area contributed by atoms with Gasteiger partial charge in [0.15, 0.2) is 0 Å². The summed E-state index contributed by atoms with van der Waals surface area (Å²) in [5.41, 5.74) is 1.31. The molecule has 2 aromatic rings. The topological polar surface area (TPSA) is 96.3 Å². The number of nitro groups is 1. The smallest absolute Gasteiger partial charge is 0.293 e. The van der Waals surface area contributed by atoms with Crippen molar-refractivity contribution in [1.29, 1.82) is 0 Å². The van der Waals surface area contributed by atoms with E-state index in [0.29, 0.717) is 23.3 Å². The van der Waals surface area contributed by atoms with Gasteiger partial charge in [-0.3, -0.25) is 14.9 Å². The largest absolute Gasteiger partial charge is 0.350 e. The van der Waals surface area contributed by atoms with Gasteiger partial charge in [-0.05, 0) is 49.9 Å². The van der Waals surface area contributed by atoms with Crippen LogP contribution in [0.1, 0.15) is 36.0 Å². The Morgan fingerprint density at radius 1 is 1.07 bits per heavy atom. The molecule has 4 rings (SSSR count). The minimum Gasteiger partial charge on any atom is -0.350 e. The quantitative estimate of drug-likeness (QED) is 0.557. The van der Waals surface area contributed by atoms with Crippen molar-refractivity contribution in [3.63, 3.8) is 0 Å². The van der Waals surface area contributed by atoms with Gasteiger partial charge in [-0.15, -0.1) is 0 Å². The second-order valence-electron chi connectivity index (χ2n) is 7.26. The van der Waals surface area contributed by atoms with E-state index in [1.807, 2.05) is 30.3 Å². The van der Waals surface area contributed by atoms with Crippen LogP contribution in [0.3, 0.4) is 0 Å². The van der Waals surface area contributed by atoms with Crippen molar-refractivity contribution in [2.24, 2.45) is 0 Å². The molecule has 27 heavy (non-hydrogen) atoms. The van der Waals surface area contributed by atoms with Gasteiger partial charge in [-0.2, -0.15) is 0 Å². The van der Waals surface area contributed by atoms with Crippen LogP contribution < -0.4 is 16.0 Å². The lowest BCUT2D eigenvalue weighted by atomic mass is 9.99. The predicted molar refractivity (Wildman–Crippen MR) is 103 cm³/mol. The normalized spacial score (nSPS) is 23.6. The van der Waals surface area contributed by atoms with Crippen molar-refractivity contribution in [3.8, 4) is 0 Å². The second kappa shape index (κ2) is 7.36. The molecule has 2 aliphatic rings. The fourth-order valence-electron chi connectivity index (χ4n) is 4.05. The van der Waals surface area contributed by atoms with Gasteiger partial charge in [-0.1, -0.05) is 18.2 Å². The molecule has 2 bridgehead atoms. The standard InChI is InChI=1S/C20H22N4O3/c25-20(23-17-11-15-7-8-16(12-17)21-15)13-6-9-18(19(10-13)24(26)27)22-14-4-2-1-3-5-14/h1-6,9-10,15-17,21-22H,7-8,11-12H2,(H,23,25). The van der Waals surface area contributed by atoms with Crippen LogP contribution >= 0.6 is 0 Å². The SMILES string of the molecule is O=C(NC1CC2CCC(C1)N2)c1ccc(Nc2ccccc2)c([N+](=O)[O-])c1. The number of hydrogen-bond donors (Lipinski definition) is 3. The lowest BCUT2D eigenvalue weighted by Gasteiger charge is -2.29. The van der Waals surface area contributed by atoms with Crippen molar-refractivity contribution in [2.45, 2.75) is 43.8 Å². The highest BCUT2D eigenvalue weighted by Gasteiger charge is 2.34. The molecule has 7 heteroatoms. The number of nitrogens with one attached hydrogen (secondary N) is 3. The summed E-state index contributed by atoms with van der Waals surface area (Å²) in [6.45, 7) is 0. The second-order valence-corrected chi connectivity index (χ2v) is 7.26. The van der Waals surface area contributed by atoms with Crippen LogP contribution in [0.25, 0.3) is 0 Å². The molecule has 2 aliphatic heterocycles. The summed E-state index contributed by atoms with van der Waals surface area (Å²) in [7, 11) is 0. The number of piperidine rings is 1. The summed E-state index contributed by atoms with van der Waals surface area (Å²) in [6.07, 6.45) is 4.14. The summed E-state index contributed by atoms with van der Waals surface area (Å²) in [5, 5.41) is 21.1. The molecular formula is C20H22N4O3. The van der Waals surface area contributed by atoms with Gasteiger partial charge < -0.3 is 16.0 Å². The molecule has 7 nitrogen and oxygen atoms in total. The average Bonchev–Trinajstić information content (AvgIpc) is 3.01. The summed E-state index contributed by atoms with van der Waals surface area (Å²) >= 11 is 0. The number of benzene rings is 2. The Hall–Kier alpha value is -2.93. The number of nitro benzene ring substituents is 1. The Bertz CT molecular complexity index is 844. The van der Waals surface area contributed by atoms with E-state index in [2.05, 4.69) is 16.0 Å². The van der Waals surface area contributed by atoms with Gasteiger partial charge >= 0.3 is 0 Å². The number of anilines is 2. The van der Waals surface area contributed by atoms with E-state index in [1.54, 1.807) is 12.1 Å². The molecule has 140 valence electrons. The van der Waals surface area contributed by atoms with E-state index >= 15 is 0 Å². The van der Waals surface area contributed by atoms with Crippen LogP contribution in [-0.4, -0.2) is 29.0 Å². The van der Waals surface area contributed by atoms with Crippen molar-refractivity contribution >= 4 is 23.0 Å². The lowest BCUT2D eigenvalue weighted by Crippen LogP contribution is -2.48. The first-order valence-corrected chi connectivity index (χ1v) is 9.26. The molecule has 2 atom stereocenters. The van der Waals surface area contributed by atoms with Crippen LogP contribution in [0.2, 0.25) is 0 Å². The minimum atomic E-state index is -0.465. The number of para-hydroxylation sites is 1. The van der Waals surface area contributed by atoms with Crippen LogP contribution in [0, 0.1) is 10.1 Å². The Kier molecular flexibility index (Phi) is 4.77. The zero-order valence-electron chi connectivity index (χ0n) is 14.9. The fraction of sp³-hybridized carbons (Fsp3) is 0.350. The molecule has 0 aliphatic carbocycles. The molecule has 0 saturated carbocycles. The van der Waals surface area contributed by atoms with Crippen molar-refractivity contribution in [2.75, 3.05) is 5.32 Å². The average molecular weight is 366 g/mol. The number of nitrogens with zero attached hydrogens (tertiary/aromatic N) is 1. The van der Waals surface area contributed by atoms with E-state index < -0.39 is 4.92 Å². The Morgan fingerprint density at radius 3 is 2.44 bits per heavy atom. The highest BCUT2D eigenvalue weighted by atomic mass is 16.6. The van der Waals surface area contributed by atoms with Crippen molar-refractivity contribution in [3.05, 3.63) is 64.2 Å². The molecule has 0 radical (unpaired) electrons. The first kappa shape index (κ1) is 17.5. The zero-order valence-corrected chi connectivity index (χ0v) is 14.9. The maximum atomic E-state index is 12.6. The van der Waals surface area contributed by atoms with Crippen LogP contribution in [0.5, 0.6) is 0 Å². The van der Waals surface area contributed by atoms with Crippen LogP contribution in [0.4, 0.5) is 17.1 Å². The molecule has 0 aromatic heterocycles. The van der Waals surface area contributed by atoms with E-state index in [4.69, 9.17) is 0 Å². The molecule has 2 saturated heterocycles. The molecule has 3 N–H and O–H groups in total. The van der Waals surface area contributed by atoms with Crippen molar-refractivity contribution < 1.29 is 9.72 Å². The summed E-state index contributed by atoms with van der Waals surface area (Å²) in [5.74, 6) is -0.254. The van der Waals surface area contributed by atoms with Gasteiger partial charge in [0.1, 0.15) is 5.69 Å². The highest BCUT2D eigenvalue weighted by Crippen LogP contribution is 2.30. The van der Waals surface area contributed by atoms with Crippen molar-refractivity contribution in [1.82, 2.24) is 10.6 Å². The highest BCUT2D eigenvalue weighted by molar-refractivity contribution is 5.96. The molecular weight excluding hydrogens is 344 g/mol.